The maximum Gasteiger partial charge on any atom is 0.158 e. The van der Waals surface area contributed by atoms with Crippen LogP contribution in [0.2, 0.25) is 0 Å². The maximum absolute atomic E-state index is 11.5. The highest BCUT2D eigenvalue weighted by molar-refractivity contribution is 5.94. The van der Waals surface area contributed by atoms with Gasteiger partial charge in [0, 0.05) is 13.0 Å². The molecule has 0 saturated carbocycles. The number of carbonyl (C=O) groups is 1. The van der Waals surface area contributed by atoms with Crippen LogP contribution in [0.25, 0.3) is 0 Å². The van der Waals surface area contributed by atoms with Gasteiger partial charge in [0.15, 0.2) is 5.78 Å². The molecule has 0 aliphatic heterocycles. The first kappa shape index (κ1) is 17.4. The fourth-order valence-corrected chi connectivity index (χ4v) is 2.05. The molecule has 18 heavy (non-hydrogen) atoms. The zero-order chi connectivity index (χ0) is 13.6. The summed E-state index contributed by atoms with van der Waals surface area (Å²) in [6, 6.07) is 0. The minimum atomic E-state index is 0.0301. The minimum absolute atomic E-state index is 0.0301. The van der Waals surface area contributed by atoms with E-state index in [1.54, 1.807) is 0 Å². The number of aliphatic hydroxyl groups excluding tert-OH is 1. The van der Waals surface area contributed by atoms with Crippen LogP contribution in [0.3, 0.4) is 0 Å². The van der Waals surface area contributed by atoms with Crippen LogP contribution in [0.15, 0.2) is 12.2 Å². The number of carbonyl (C=O) groups excluding carboxylic acids is 1. The molecule has 0 amide bonds. The van der Waals surface area contributed by atoms with Gasteiger partial charge < -0.3 is 5.11 Å². The first-order valence-corrected chi connectivity index (χ1v) is 7.54. The second-order valence-corrected chi connectivity index (χ2v) is 5.08. The Labute approximate surface area is 112 Å². The molecular weight excluding hydrogens is 224 g/mol. The highest BCUT2D eigenvalue weighted by atomic mass is 16.3. The first-order valence-electron chi connectivity index (χ1n) is 7.54. The molecule has 0 aliphatic carbocycles. The summed E-state index contributed by atoms with van der Waals surface area (Å²) >= 11 is 0. The summed E-state index contributed by atoms with van der Waals surface area (Å²) in [5.74, 6) is 0.131. The van der Waals surface area contributed by atoms with Crippen LogP contribution in [-0.2, 0) is 4.79 Å². The molecule has 0 bridgehead atoms. The number of unbranched alkanes of at least 4 members (excludes halogenated alkanes) is 8. The third-order valence-corrected chi connectivity index (χ3v) is 3.32. The fourth-order valence-electron chi connectivity index (χ4n) is 2.05. The molecule has 1 N–H and O–H groups in total. The lowest BCUT2D eigenvalue weighted by Crippen LogP contribution is -2.03. The van der Waals surface area contributed by atoms with Crippen LogP contribution in [-0.4, -0.2) is 17.5 Å². The largest absolute Gasteiger partial charge is 0.396 e. The smallest absolute Gasteiger partial charge is 0.158 e. The maximum atomic E-state index is 11.5. The standard InChI is InChI=1S/C16H30O2/c1-3-4-5-6-7-8-9-10-11-12-16(18)15(2)13-14-17/h17H,2-14H2,1H3. The first-order chi connectivity index (χ1) is 8.72. The molecule has 0 aromatic heterocycles. The Hall–Kier alpha value is -0.630. The third kappa shape index (κ3) is 10.5. The fraction of sp³-hybridized carbons (Fsp3) is 0.812. The van der Waals surface area contributed by atoms with Crippen molar-refractivity contribution in [2.75, 3.05) is 6.61 Å². The van der Waals surface area contributed by atoms with E-state index >= 15 is 0 Å². The Kier molecular flexibility index (Phi) is 12.4. The number of hydrogen-bond donors (Lipinski definition) is 1. The lowest BCUT2D eigenvalue weighted by molar-refractivity contribution is -0.115. The van der Waals surface area contributed by atoms with E-state index < -0.39 is 0 Å². The topological polar surface area (TPSA) is 37.3 Å². The van der Waals surface area contributed by atoms with Gasteiger partial charge >= 0.3 is 0 Å². The van der Waals surface area contributed by atoms with Gasteiger partial charge in [-0.05, 0) is 18.4 Å². The van der Waals surface area contributed by atoms with Crippen molar-refractivity contribution in [3.63, 3.8) is 0 Å². The molecule has 0 saturated heterocycles. The summed E-state index contributed by atoms with van der Waals surface area (Å²) in [5.41, 5.74) is 0.581. The Balaban J connectivity index is 3.25. The number of hydrogen-bond acceptors (Lipinski definition) is 2. The van der Waals surface area contributed by atoms with Crippen LogP contribution in [0.5, 0.6) is 0 Å². The van der Waals surface area contributed by atoms with Crippen LogP contribution in [0.1, 0.15) is 77.6 Å². The van der Waals surface area contributed by atoms with E-state index in [2.05, 4.69) is 13.5 Å². The monoisotopic (exact) mass is 254 g/mol. The van der Waals surface area contributed by atoms with Gasteiger partial charge in [-0.1, -0.05) is 64.9 Å². The lowest BCUT2D eigenvalue weighted by atomic mass is 10.0. The summed E-state index contributed by atoms with van der Waals surface area (Å²) < 4.78 is 0. The molecule has 0 fully saturated rings. The van der Waals surface area contributed by atoms with Crippen molar-refractivity contribution < 1.29 is 9.90 Å². The molecule has 0 radical (unpaired) electrons. The highest BCUT2D eigenvalue weighted by Crippen LogP contribution is 2.12. The van der Waals surface area contributed by atoms with Crippen molar-refractivity contribution >= 4 is 5.78 Å². The van der Waals surface area contributed by atoms with E-state index in [0.29, 0.717) is 18.4 Å². The van der Waals surface area contributed by atoms with Crippen molar-refractivity contribution in [2.24, 2.45) is 0 Å². The zero-order valence-electron chi connectivity index (χ0n) is 12.0. The molecule has 0 unspecified atom stereocenters. The summed E-state index contributed by atoms with van der Waals surface area (Å²) in [6.45, 7) is 5.96. The molecule has 0 heterocycles. The number of Topliss-reactive ketones (excluding diaryl/α,β-unsaturated/α-hetero) is 1. The molecule has 106 valence electrons. The van der Waals surface area contributed by atoms with Gasteiger partial charge in [-0.25, -0.2) is 0 Å². The Morgan fingerprint density at radius 1 is 0.889 bits per heavy atom. The van der Waals surface area contributed by atoms with Crippen molar-refractivity contribution in [3.05, 3.63) is 12.2 Å². The SMILES string of the molecule is C=C(CCO)C(=O)CCCCCCCCCCC. The molecule has 0 rings (SSSR count). The van der Waals surface area contributed by atoms with E-state index in [1.165, 1.54) is 44.9 Å². The molecular formula is C16H30O2. The molecule has 2 heteroatoms. The van der Waals surface area contributed by atoms with E-state index in [9.17, 15) is 4.79 Å². The number of rotatable bonds is 13. The average Bonchev–Trinajstić information content (AvgIpc) is 2.36. The minimum Gasteiger partial charge on any atom is -0.396 e. The van der Waals surface area contributed by atoms with Crippen molar-refractivity contribution in [1.82, 2.24) is 0 Å². The Bertz CT molecular complexity index is 221. The Morgan fingerprint density at radius 2 is 1.39 bits per heavy atom. The number of ketones is 1. The van der Waals surface area contributed by atoms with Crippen LogP contribution >= 0.6 is 0 Å². The van der Waals surface area contributed by atoms with Crippen LogP contribution in [0.4, 0.5) is 0 Å². The molecule has 0 atom stereocenters. The molecule has 2 nitrogen and oxygen atoms in total. The van der Waals surface area contributed by atoms with E-state index in [1.807, 2.05) is 0 Å². The summed E-state index contributed by atoms with van der Waals surface area (Å²) in [6.07, 6.45) is 12.4. The van der Waals surface area contributed by atoms with Crippen molar-refractivity contribution in [2.45, 2.75) is 77.6 Å². The van der Waals surface area contributed by atoms with Gasteiger partial charge in [0.1, 0.15) is 0 Å². The average molecular weight is 254 g/mol. The van der Waals surface area contributed by atoms with Crippen LogP contribution < -0.4 is 0 Å². The molecule has 0 spiro atoms. The normalized spacial score (nSPS) is 10.6. The van der Waals surface area contributed by atoms with Gasteiger partial charge in [0.25, 0.3) is 0 Å². The summed E-state index contributed by atoms with van der Waals surface area (Å²) in [4.78, 5) is 11.5. The second-order valence-electron chi connectivity index (χ2n) is 5.08. The lowest BCUT2D eigenvalue weighted by Gasteiger charge is -2.03. The molecule has 0 aromatic rings. The predicted molar refractivity (Wildman–Crippen MR) is 77.7 cm³/mol. The predicted octanol–water partition coefficient (Wildman–Crippen LogP) is 4.42. The van der Waals surface area contributed by atoms with Gasteiger partial charge in [0.2, 0.25) is 0 Å². The van der Waals surface area contributed by atoms with Gasteiger partial charge in [-0.2, -0.15) is 0 Å². The highest BCUT2D eigenvalue weighted by Gasteiger charge is 2.05. The van der Waals surface area contributed by atoms with Crippen molar-refractivity contribution in [3.8, 4) is 0 Å². The van der Waals surface area contributed by atoms with E-state index in [-0.39, 0.29) is 12.4 Å². The summed E-state index contributed by atoms with van der Waals surface area (Å²) in [7, 11) is 0. The Morgan fingerprint density at radius 3 is 1.89 bits per heavy atom. The quantitative estimate of drug-likeness (QED) is 0.390. The zero-order valence-corrected chi connectivity index (χ0v) is 12.0. The summed E-state index contributed by atoms with van der Waals surface area (Å²) in [5, 5.41) is 8.70. The van der Waals surface area contributed by atoms with Crippen molar-refractivity contribution in [1.29, 1.82) is 0 Å². The van der Waals surface area contributed by atoms with Gasteiger partial charge in [-0.3, -0.25) is 4.79 Å². The van der Waals surface area contributed by atoms with Gasteiger partial charge in [0.05, 0.1) is 0 Å². The van der Waals surface area contributed by atoms with E-state index in [4.69, 9.17) is 5.11 Å². The van der Waals surface area contributed by atoms with Gasteiger partial charge in [-0.15, -0.1) is 0 Å². The molecule has 0 aliphatic rings. The number of aliphatic hydroxyl groups is 1. The molecule has 0 aromatic carbocycles. The van der Waals surface area contributed by atoms with Crippen LogP contribution in [0, 0.1) is 0 Å². The second kappa shape index (κ2) is 12.8. The van der Waals surface area contributed by atoms with E-state index in [0.717, 1.165) is 12.8 Å². The third-order valence-electron chi connectivity index (χ3n) is 3.32.